The minimum atomic E-state index is -0.415. The molecular weight excluding hydrogens is 216 g/mol. The first-order chi connectivity index (χ1) is 7.24. The fourth-order valence-corrected chi connectivity index (χ4v) is 1.66. The largest absolute Gasteiger partial charge is 0.324 e. The number of azide groups is 1. The molecule has 0 aliphatic carbocycles. The first-order valence-corrected chi connectivity index (χ1v) is 4.97. The van der Waals surface area contributed by atoms with Crippen LogP contribution < -0.4 is 0 Å². The zero-order valence-electron chi connectivity index (χ0n) is 7.74. The van der Waals surface area contributed by atoms with Crippen molar-refractivity contribution in [2.75, 3.05) is 6.54 Å². The molecule has 0 aliphatic heterocycles. The molecule has 1 heterocycles. The first-order valence-electron chi connectivity index (χ1n) is 4.15. The van der Waals surface area contributed by atoms with Crippen molar-refractivity contribution in [1.82, 2.24) is 0 Å². The highest BCUT2D eigenvalue weighted by molar-refractivity contribution is 7.16. The van der Waals surface area contributed by atoms with E-state index in [1.807, 2.05) is 6.08 Å². The topological polar surface area (TPSA) is 91.9 Å². The Kier molecular flexibility index (Phi) is 4.33. The van der Waals surface area contributed by atoms with E-state index in [2.05, 4.69) is 10.0 Å². The second kappa shape index (κ2) is 5.79. The Morgan fingerprint density at radius 3 is 3.07 bits per heavy atom. The van der Waals surface area contributed by atoms with E-state index in [4.69, 9.17) is 5.53 Å². The van der Waals surface area contributed by atoms with Gasteiger partial charge in [0.1, 0.15) is 0 Å². The van der Waals surface area contributed by atoms with Crippen LogP contribution in [0.15, 0.2) is 23.3 Å². The Morgan fingerprint density at radius 1 is 1.67 bits per heavy atom. The Bertz CT molecular complexity index is 420. The SMILES string of the molecule is [N-]=[N+]=NCCC=Cc1ccc([N+](=O)[O-])s1. The summed E-state index contributed by atoms with van der Waals surface area (Å²) in [6.45, 7) is 0.403. The monoisotopic (exact) mass is 224 g/mol. The molecule has 1 aromatic heterocycles. The lowest BCUT2D eigenvalue weighted by molar-refractivity contribution is -0.380. The third-order valence-corrected chi connectivity index (χ3v) is 2.54. The van der Waals surface area contributed by atoms with Crippen LogP contribution in [0.4, 0.5) is 5.00 Å². The Balaban J connectivity index is 2.49. The number of nitrogens with zero attached hydrogens (tertiary/aromatic N) is 4. The van der Waals surface area contributed by atoms with Crippen molar-refractivity contribution in [2.45, 2.75) is 6.42 Å². The van der Waals surface area contributed by atoms with Gasteiger partial charge in [-0.1, -0.05) is 22.5 Å². The molecule has 78 valence electrons. The maximum absolute atomic E-state index is 10.4. The van der Waals surface area contributed by atoms with Crippen LogP contribution >= 0.6 is 11.3 Å². The number of hydrogen-bond acceptors (Lipinski definition) is 4. The average molecular weight is 224 g/mol. The second-order valence-electron chi connectivity index (χ2n) is 2.58. The molecule has 15 heavy (non-hydrogen) atoms. The van der Waals surface area contributed by atoms with Gasteiger partial charge in [0.25, 0.3) is 0 Å². The van der Waals surface area contributed by atoms with Crippen LogP contribution in [-0.2, 0) is 0 Å². The molecule has 0 radical (unpaired) electrons. The maximum Gasteiger partial charge on any atom is 0.324 e. The maximum atomic E-state index is 10.4. The number of hydrogen-bond donors (Lipinski definition) is 0. The van der Waals surface area contributed by atoms with Crippen LogP contribution in [0.25, 0.3) is 16.5 Å². The molecule has 0 bridgehead atoms. The summed E-state index contributed by atoms with van der Waals surface area (Å²) in [5, 5.41) is 13.9. The normalized spacial score (nSPS) is 10.1. The zero-order chi connectivity index (χ0) is 11.1. The van der Waals surface area contributed by atoms with Crippen LogP contribution in [0.1, 0.15) is 11.3 Å². The summed E-state index contributed by atoms with van der Waals surface area (Å²) in [5.74, 6) is 0. The van der Waals surface area contributed by atoms with Crippen molar-refractivity contribution < 1.29 is 4.92 Å². The molecule has 0 aliphatic rings. The van der Waals surface area contributed by atoms with Gasteiger partial charge < -0.3 is 0 Å². The molecule has 0 N–H and O–H groups in total. The van der Waals surface area contributed by atoms with E-state index < -0.39 is 4.92 Å². The van der Waals surface area contributed by atoms with Gasteiger partial charge in [-0.3, -0.25) is 10.1 Å². The summed E-state index contributed by atoms with van der Waals surface area (Å²) in [6.07, 6.45) is 4.24. The molecule has 0 saturated heterocycles. The smallest absolute Gasteiger partial charge is 0.258 e. The summed E-state index contributed by atoms with van der Waals surface area (Å²) in [7, 11) is 0. The van der Waals surface area contributed by atoms with E-state index in [1.54, 1.807) is 12.1 Å². The van der Waals surface area contributed by atoms with E-state index in [1.165, 1.54) is 6.07 Å². The summed E-state index contributed by atoms with van der Waals surface area (Å²) >= 11 is 1.12. The van der Waals surface area contributed by atoms with Gasteiger partial charge in [0.05, 0.1) is 4.92 Å². The third-order valence-electron chi connectivity index (χ3n) is 1.53. The van der Waals surface area contributed by atoms with Crippen LogP contribution in [0.2, 0.25) is 0 Å². The predicted molar refractivity (Wildman–Crippen MR) is 58.6 cm³/mol. The molecule has 0 amide bonds. The van der Waals surface area contributed by atoms with Crippen LogP contribution in [0.5, 0.6) is 0 Å². The lowest BCUT2D eigenvalue weighted by Crippen LogP contribution is -1.80. The number of nitro groups is 1. The Morgan fingerprint density at radius 2 is 2.47 bits per heavy atom. The van der Waals surface area contributed by atoms with Crippen molar-refractivity contribution in [3.05, 3.63) is 43.6 Å². The number of rotatable bonds is 5. The van der Waals surface area contributed by atoms with E-state index in [0.29, 0.717) is 13.0 Å². The highest BCUT2D eigenvalue weighted by Gasteiger charge is 2.06. The van der Waals surface area contributed by atoms with Gasteiger partial charge in [0, 0.05) is 22.4 Å². The van der Waals surface area contributed by atoms with Gasteiger partial charge in [-0.25, -0.2) is 0 Å². The molecule has 1 rings (SSSR count). The minimum absolute atomic E-state index is 0.129. The fraction of sp³-hybridized carbons (Fsp3) is 0.250. The van der Waals surface area contributed by atoms with E-state index in [-0.39, 0.29) is 5.00 Å². The van der Waals surface area contributed by atoms with Crippen molar-refractivity contribution >= 4 is 22.4 Å². The molecule has 0 atom stereocenters. The van der Waals surface area contributed by atoms with Gasteiger partial charge >= 0.3 is 5.00 Å². The van der Waals surface area contributed by atoms with Crippen LogP contribution in [0, 0.1) is 10.1 Å². The standard InChI is InChI=1S/C8H8N4O2S/c9-11-10-6-2-1-3-7-4-5-8(15-7)12(13)14/h1,3-5H,2,6H2. The summed E-state index contributed by atoms with van der Waals surface area (Å²) in [4.78, 5) is 13.4. The van der Waals surface area contributed by atoms with Crippen molar-refractivity contribution in [3.63, 3.8) is 0 Å². The molecule has 0 saturated carbocycles. The van der Waals surface area contributed by atoms with Gasteiger partial charge in [-0.2, -0.15) is 0 Å². The summed E-state index contributed by atoms with van der Waals surface area (Å²) in [5.41, 5.74) is 8.01. The van der Waals surface area contributed by atoms with Crippen LogP contribution in [-0.4, -0.2) is 11.5 Å². The summed E-state index contributed by atoms with van der Waals surface area (Å²) < 4.78 is 0. The second-order valence-corrected chi connectivity index (χ2v) is 3.67. The van der Waals surface area contributed by atoms with Crippen LogP contribution in [0.3, 0.4) is 0 Å². The molecule has 7 heteroatoms. The van der Waals surface area contributed by atoms with Gasteiger partial charge in [-0.05, 0) is 24.1 Å². The van der Waals surface area contributed by atoms with Crippen molar-refractivity contribution in [1.29, 1.82) is 0 Å². The molecule has 6 nitrogen and oxygen atoms in total. The Hall–Kier alpha value is -1.85. The number of thiophene rings is 1. The first kappa shape index (κ1) is 11.2. The molecular formula is C8H8N4O2S. The van der Waals surface area contributed by atoms with E-state index in [9.17, 15) is 10.1 Å². The van der Waals surface area contributed by atoms with Crippen molar-refractivity contribution in [3.8, 4) is 0 Å². The van der Waals surface area contributed by atoms with Gasteiger partial charge in [0.15, 0.2) is 0 Å². The highest BCUT2D eigenvalue weighted by atomic mass is 32.1. The molecule has 0 spiro atoms. The molecule has 1 aromatic rings. The lowest BCUT2D eigenvalue weighted by Gasteiger charge is -1.84. The average Bonchev–Trinajstić information content (AvgIpc) is 2.66. The van der Waals surface area contributed by atoms with E-state index >= 15 is 0 Å². The molecule has 0 unspecified atom stereocenters. The zero-order valence-corrected chi connectivity index (χ0v) is 8.55. The molecule has 0 fully saturated rings. The quantitative estimate of drug-likeness (QED) is 0.191. The Labute approximate surface area is 89.6 Å². The minimum Gasteiger partial charge on any atom is -0.258 e. The third kappa shape index (κ3) is 3.80. The van der Waals surface area contributed by atoms with E-state index in [0.717, 1.165) is 16.2 Å². The highest BCUT2D eigenvalue weighted by Crippen LogP contribution is 2.24. The fourth-order valence-electron chi connectivity index (χ4n) is 0.906. The summed E-state index contributed by atoms with van der Waals surface area (Å²) in [6, 6.07) is 3.16. The van der Waals surface area contributed by atoms with Gasteiger partial charge in [0.2, 0.25) is 0 Å². The van der Waals surface area contributed by atoms with Crippen molar-refractivity contribution in [2.24, 2.45) is 5.11 Å². The van der Waals surface area contributed by atoms with Gasteiger partial charge in [-0.15, -0.1) is 0 Å². The lowest BCUT2D eigenvalue weighted by atomic mass is 10.3. The predicted octanol–water partition coefficient (Wildman–Crippen LogP) is 3.37. The molecule has 0 aromatic carbocycles.